The van der Waals surface area contributed by atoms with E-state index >= 15 is 0 Å². The monoisotopic (exact) mass is 358 g/mol. The van der Waals surface area contributed by atoms with Crippen LogP contribution in [0.4, 0.5) is 5.69 Å². The van der Waals surface area contributed by atoms with E-state index in [9.17, 15) is 13.2 Å². The van der Waals surface area contributed by atoms with Crippen LogP contribution in [-0.4, -0.2) is 21.4 Å². The summed E-state index contributed by atoms with van der Waals surface area (Å²) < 4.78 is 27.4. The number of benzene rings is 2. The van der Waals surface area contributed by atoms with Crippen molar-refractivity contribution in [3.05, 3.63) is 78.4 Å². The number of carbonyl (C=O) groups is 1. The smallest absolute Gasteiger partial charge is 0.267 e. The van der Waals surface area contributed by atoms with Crippen LogP contribution in [0.5, 0.6) is 0 Å². The molecule has 25 heavy (non-hydrogen) atoms. The summed E-state index contributed by atoms with van der Waals surface area (Å²) in [5, 5.41) is 0. The Morgan fingerprint density at radius 2 is 1.68 bits per heavy atom. The minimum atomic E-state index is -3.67. The van der Waals surface area contributed by atoms with Crippen molar-refractivity contribution >= 4 is 27.7 Å². The number of carbonyl (C=O) groups excluding carboxylic acids is 1. The molecule has 0 aliphatic heterocycles. The van der Waals surface area contributed by atoms with Crippen molar-refractivity contribution in [1.82, 2.24) is 5.48 Å². The third-order valence-electron chi connectivity index (χ3n) is 3.10. The van der Waals surface area contributed by atoms with Gasteiger partial charge < -0.3 is 0 Å². The molecule has 0 aliphatic carbocycles. The van der Waals surface area contributed by atoms with Gasteiger partial charge in [-0.05, 0) is 23.8 Å². The molecule has 0 aromatic heterocycles. The first kappa shape index (κ1) is 18.4. The summed E-state index contributed by atoms with van der Waals surface area (Å²) in [5.41, 5.74) is 3.26. The molecule has 2 aromatic carbocycles. The lowest BCUT2D eigenvalue weighted by atomic mass is 10.1. The zero-order valence-electron chi connectivity index (χ0n) is 13.5. The maximum Gasteiger partial charge on any atom is 0.267 e. The number of amides is 1. The SMILES string of the molecule is CONC(=O)C=CC=Cc1ccccc1NS(=O)(=O)c1ccccc1. The van der Waals surface area contributed by atoms with Gasteiger partial charge in [0.2, 0.25) is 0 Å². The Labute approximate surface area is 146 Å². The summed E-state index contributed by atoms with van der Waals surface area (Å²) in [6, 6.07) is 15.1. The van der Waals surface area contributed by atoms with Crippen LogP contribution in [0.25, 0.3) is 6.08 Å². The van der Waals surface area contributed by atoms with E-state index < -0.39 is 15.9 Å². The predicted octanol–water partition coefficient (Wildman–Crippen LogP) is 2.73. The highest BCUT2D eigenvalue weighted by Gasteiger charge is 2.14. The fourth-order valence-corrected chi connectivity index (χ4v) is 3.08. The first-order valence-electron chi connectivity index (χ1n) is 7.37. The van der Waals surface area contributed by atoms with Crippen LogP contribution < -0.4 is 10.2 Å². The number of allylic oxidation sites excluding steroid dienone is 2. The Morgan fingerprint density at radius 3 is 2.40 bits per heavy atom. The summed E-state index contributed by atoms with van der Waals surface area (Å²) in [4.78, 5) is 15.9. The average molecular weight is 358 g/mol. The number of para-hydroxylation sites is 1. The Morgan fingerprint density at radius 1 is 1.00 bits per heavy atom. The van der Waals surface area contributed by atoms with E-state index in [1.165, 1.54) is 31.4 Å². The Hall–Kier alpha value is -2.90. The van der Waals surface area contributed by atoms with Gasteiger partial charge >= 0.3 is 0 Å². The molecule has 0 heterocycles. The zero-order valence-corrected chi connectivity index (χ0v) is 14.4. The molecule has 0 bridgehead atoms. The topological polar surface area (TPSA) is 84.5 Å². The Balaban J connectivity index is 2.17. The lowest BCUT2D eigenvalue weighted by Crippen LogP contribution is -2.18. The standard InChI is InChI=1S/C18H18N2O4S/c1-24-19-18(21)14-8-6-10-15-9-5-7-13-17(15)20-25(22,23)16-11-3-2-4-12-16/h2-14,20H,1H3,(H,19,21). The average Bonchev–Trinajstić information content (AvgIpc) is 2.61. The van der Waals surface area contributed by atoms with Gasteiger partial charge in [-0.1, -0.05) is 54.6 Å². The molecule has 0 unspecified atom stereocenters. The lowest BCUT2D eigenvalue weighted by molar-refractivity contribution is -0.126. The number of sulfonamides is 1. The predicted molar refractivity (Wildman–Crippen MR) is 97.0 cm³/mol. The van der Waals surface area contributed by atoms with Crippen molar-refractivity contribution in [2.75, 3.05) is 11.8 Å². The fourth-order valence-electron chi connectivity index (χ4n) is 1.98. The van der Waals surface area contributed by atoms with Crippen molar-refractivity contribution in [1.29, 1.82) is 0 Å². The lowest BCUT2D eigenvalue weighted by Gasteiger charge is -2.10. The molecule has 7 heteroatoms. The molecular weight excluding hydrogens is 340 g/mol. The Kier molecular flexibility index (Phi) is 6.50. The first-order chi connectivity index (χ1) is 12.0. The number of rotatable bonds is 7. The maximum absolute atomic E-state index is 12.4. The summed E-state index contributed by atoms with van der Waals surface area (Å²) in [6.07, 6.45) is 6.14. The summed E-state index contributed by atoms with van der Waals surface area (Å²) >= 11 is 0. The summed E-state index contributed by atoms with van der Waals surface area (Å²) in [7, 11) is -2.33. The van der Waals surface area contributed by atoms with Gasteiger partial charge in [0.15, 0.2) is 0 Å². The van der Waals surface area contributed by atoms with E-state index in [2.05, 4.69) is 15.0 Å². The highest BCUT2D eigenvalue weighted by molar-refractivity contribution is 7.92. The van der Waals surface area contributed by atoms with Crippen LogP contribution in [0, 0.1) is 0 Å². The first-order valence-corrected chi connectivity index (χ1v) is 8.86. The highest BCUT2D eigenvalue weighted by Crippen LogP contribution is 2.21. The molecule has 0 saturated carbocycles. The van der Waals surface area contributed by atoms with Crippen molar-refractivity contribution in [2.45, 2.75) is 4.90 Å². The molecule has 130 valence electrons. The summed E-state index contributed by atoms with van der Waals surface area (Å²) in [5.74, 6) is -0.398. The van der Waals surface area contributed by atoms with Crippen molar-refractivity contribution in [2.24, 2.45) is 0 Å². The molecule has 0 saturated heterocycles. The van der Waals surface area contributed by atoms with Crippen LogP contribution >= 0.6 is 0 Å². The van der Waals surface area contributed by atoms with Gasteiger partial charge in [-0.25, -0.2) is 13.9 Å². The van der Waals surface area contributed by atoms with Crippen LogP contribution in [-0.2, 0) is 19.7 Å². The normalized spacial score (nSPS) is 11.7. The van der Waals surface area contributed by atoms with Gasteiger partial charge in [0.05, 0.1) is 17.7 Å². The molecule has 6 nitrogen and oxygen atoms in total. The van der Waals surface area contributed by atoms with E-state index in [0.717, 1.165) is 0 Å². The van der Waals surface area contributed by atoms with Crippen LogP contribution in [0.1, 0.15) is 5.56 Å². The Bertz CT molecular complexity index is 875. The minimum absolute atomic E-state index is 0.185. The third kappa shape index (κ3) is 5.59. The van der Waals surface area contributed by atoms with E-state index in [1.807, 2.05) is 0 Å². The van der Waals surface area contributed by atoms with E-state index in [0.29, 0.717) is 11.3 Å². The second-order valence-corrected chi connectivity index (χ2v) is 6.58. The van der Waals surface area contributed by atoms with Gasteiger partial charge in [-0.3, -0.25) is 14.4 Å². The van der Waals surface area contributed by atoms with Gasteiger partial charge in [0.25, 0.3) is 15.9 Å². The van der Waals surface area contributed by atoms with E-state index in [4.69, 9.17) is 0 Å². The minimum Gasteiger partial charge on any atom is -0.279 e. The largest absolute Gasteiger partial charge is 0.279 e. The molecule has 1 amide bonds. The number of anilines is 1. The van der Waals surface area contributed by atoms with Crippen molar-refractivity contribution in [3.8, 4) is 0 Å². The zero-order chi connectivity index (χ0) is 18.1. The number of nitrogens with one attached hydrogen (secondary N) is 2. The quantitative estimate of drug-likeness (QED) is 0.453. The fraction of sp³-hybridized carbons (Fsp3) is 0.0556. The molecule has 2 rings (SSSR count). The van der Waals surface area contributed by atoms with Crippen molar-refractivity contribution < 1.29 is 18.0 Å². The molecule has 0 radical (unpaired) electrons. The van der Waals surface area contributed by atoms with Gasteiger partial charge in [0.1, 0.15) is 0 Å². The van der Waals surface area contributed by atoms with E-state index in [-0.39, 0.29) is 4.90 Å². The second kappa shape index (κ2) is 8.81. The van der Waals surface area contributed by atoms with Crippen molar-refractivity contribution in [3.63, 3.8) is 0 Å². The van der Waals surface area contributed by atoms with Gasteiger partial charge in [-0.15, -0.1) is 0 Å². The molecule has 0 fully saturated rings. The third-order valence-corrected chi connectivity index (χ3v) is 4.48. The highest BCUT2D eigenvalue weighted by atomic mass is 32.2. The van der Waals surface area contributed by atoms with Crippen LogP contribution in [0.2, 0.25) is 0 Å². The molecule has 0 spiro atoms. The molecular formula is C18H18N2O4S. The molecule has 0 atom stereocenters. The van der Waals surface area contributed by atoms with Crippen LogP contribution in [0.15, 0.2) is 77.7 Å². The van der Waals surface area contributed by atoms with Crippen LogP contribution in [0.3, 0.4) is 0 Å². The number of hydrogen-bond donors (Lipinski definition) is 2. The van der Waals surface area contributed by atoms with Gasteiger partial charge in [0, 0.05) is 6.08 Å². The van der Waals surface area contributed by atoms with E-state index in [1.54, 1.807) is 54.6 Å². The maximum atomic E-state index is 12.4. The number of hydroxylamine groups is 1. The molecule has 2 aromatic rings. The molecule has 2 N–H and O–H groups in total. The van der Waals surface area contributed by atoms with Gasteiger partial charge in [-0.2, -0.15) is 0 Å². The summed E-state index contributed by atoms with van der Waals surface area (Å²) in [6.45, 7) is 0. The number of hydrogen-bond acceptors (Lipinski definition) is 4. The molecule has 0 aliphatic rings. The second-order valence-electron chi connectivity index (χ2n) is 4.89.